The van der Waals surface area contributed by atoms with Gasteiger partial charge in [0.05, 0.1) is 17.4 Å². The van der Waals surface area contributed by atoms with E-state index in [0.717, 1.165) is 17.6 Å². The van der Waals surface area contributed by atoms with E-state index < -0.39 is 0 Å². The van der Waals surface area contributed by atoms with Crippen LogP contribution >= 0.6 is 0 Å². The minimum atomic E-state index is 0.558. The van der Waals surface area contributed by atoms with Gasteiger partial charge < -0.3 is 5.32 Å². The van der Waals surface area contributed by atoms with Crippen LogP contribution in [0.1, 0.15) is 33.1 Å². The van der Waals surface area contributed by atoms with E-state index >= 15 is 0 Å². The SMILES string of the molecule is CCCC(CC)Nc1cnc2ccccc2c1. The topological polar surface area (TPSA) is 24.9 Å². The van der Waals surface area contributed by atoms with Crippen LogP contribution in [0.25, 0.3) is 10.9 Å². The maximum absolute atomic E-state index is 4.47. The number of rotatable bonds is 5. The summed E-state index contributed by atoms with van der Waals surface area (Å²) in [4.78, 5) is 4.47. The Hall–Kier alpha value is -1.57. The summed E-state index contributed by atoms with van der Waals surface area (Å²) in [6.45, 7) is 4.45. The number of benzene rings is 1. The fourth-order valence-electron chi connectivity index (χ4n) is 2.11. The molecule has 1 N–H and O–H groups in total. The van der Waals surface area contributed by atoms with Crippen molar-refractivity contribution in [3.63, 3.8) is 0 Å². The van der Waals surface area contributed by atoms with Crippen LogP contribution in [-0.4, -0.2) is 11.0 Å². The second-order valence-electron chi connectivity index (χ2n) is 4.45. The van der Waals surface area contributed by atoms with Crippen LogP contribution < -0.4 is 5.32 Å². The van der Waals surface area contributed by atoms with Gasteiger partial charge in [0.15, 0.2) is 0 Å². The van der Waals surface area contributed by atoms with E-state index in [2.05, 4.69) is 42.3 Å². The molecule has 1 unspecified atom stereocenters. The van der Waals surface area contributed by atoms with Crippen molar-refractivity contribution in [1.29, 1.82) is 0 Å². The highest BCUT2D eigenvalue weighted by molar-refractivity contribution is 5.81. The van der Waals surface area contributed by atoms with Crippen LogP contribution in [0.15, 0.2) is 36.5 Å². The maximum atomic E-state index is 4.47. The summed E-state index contributed by atoms with van der Waals surface area (Å²) in [7, 11) is 0. The third-order valence-corrected chi connectivity index (χ3v) is 3.09. The molecule has 90 valence electrons. The van der Waals surface area contributed by atoms with Crippen LogP contribution in [0.5, 0.6) is 0 Å². The molecular weight excluding hydrogens is 208 g/mol. The summed E-state index contributed by atoms with van der Waals surface area (Å²) < 4.78 is 0. The molecule has 2 nitrogen and oxygen atoms in total. The summed E-state index contributed by atoms with van der Waals surface area (Å²) >= 11 is 0. The number of hydrogen-bond acceptors (Lipinski definition) is 2. The van der Waals surface area contributed by atoms with Gasteiger partial charge in [0.25, 0.3) is 0 Å². The van der Waals surface area contributed by atoms with Crippen molar-refractivity contribution in [3.8, 4) is 0 Å². The van der Waals surface area contributed by atoms with Gasteiger partial charge in [-0.1, -0.05) is 38.5 Å². The van der Waals surface area contributed by atoms with E-state index in [-0.39, 0.29) is 0 Å². The van der Waals surface area contributed by atoms with Crippen LogP contribution in [0, 0.1) is 0 Å². The minimum absolute atomic E-state index is 0.558. The second-order valence-corrected chi connectivity index (χ2v) is 4.45. The lowest BCUT2D eigenvalue weighted by molar-refractivity contribution is 0.622. The molecule has 1 aromatic carbocycles. The van der Waals surface area contributed by atoms with Crippen molar-refractivity contribution in [2.45, 2.75) is 39.2 Å². The fraction of sp³-hybridized carbons (Fsp3) is 0.400. The number of aromatic nitrogens is 1. The maximum Gasteiger partial charge on any atom is 0.0703 e. The van der Waals surface area contributed by atoms with E-state index in [1.54, 1.807) is 0 Å². The molecule has 1 aromatic heterocycles. The Balaban J connectivity index is 2.18. The Labute approximate surface area is 103 Å². The van der Waals surface area contributed by atoms with Gasteiger partial charge in [-0.25, -0.2) is 0 Å². The van der Waals surface area contributed by atoms with Crippen LogP contribution in [0.2, 0.25) is 0 Å². The molecule has 2 heteroatoms. The van der Waals surface area contributed by atoms with Gasteiger partial charge >= 0.3 is 0 Å². The number of nitrogens with zero attached hydrogens (tertiary/aromatic N) is 1. The Morgan fingerprint density at radius 3 is 2.82 bits per heavy atom. The van der Waals surface area contributed by atoms with Crippen LogP contribution in [0.4, 0.5) is 5.69 Å². The molecule has 0 radical (unpaired) electrons. The molecule has 0 spiro atoms. The molecule has 0 saturated carbocycles. The van der Waals surface area contributed by atoms with E-state index in [4.69, 9.17) is 0 Å². The number of anilines is 1. The largest absolute Gasteiger partial charge is 0.381 e. The first kappa shape index (κ1) is 11.9. The molecule has 0 fully saturated rings. The Morgan fingerprint density at radius 1 is 1.24 bits per heavy atom. The van der Waals surface area contributed by atoms with Crippen molar-refractivity contribution in [2.24, 2.45) is 0 Å². The van der Waals surface area contributed by atoms with Crippen molar-refractivity contribution in [2.75, 3.05) is 5.32 Å². The van der Waals surface area contributed by atoms with Crippen molar-refractivity contribution >= 4 is 16.6 Å². The van der Waals surface area contributed by atoms with Gasteiger partial charge in [0.1, 0.15) is 0 Å². The third kappa shape index (κ3) is 2.96. The molecule has 2 aromatic rings. The van der Waals surface area contributed by atoms with Gasteiger partial charge in [-0.05, 0) is 25.0 Å². The normalized spacial score (nSPS) is 12.6. The van der Waals surface area contributed by atoms with Gasteiger partial charge in [-0.15, -0.1) is 0 Å². The number of hydrogen-bond donors (Lipinski definition) is 1. The highest BCUT2D eigenvalue weighted by Gasteiger charge is 2.05. The Kier molecular flexibility index (Phi) is 3.97. The Bertz CT molecular complexity index is 479. The van der Waals surface area contributed by atoms with Crippen LogP contribution in [0.3, 0.4) is 0 Å². The predicted molar refractivity (Wildman–Crippen MR) is 74.4 cm³/mol. The Morgan fingerprint density at radius 2 is 2.06 bits per heavy atom. The lowest BCUT2D eigenvalue weighted by atomic mass is 10.1. The summed E-state index contributed by atoms with van der Waals surface area (Å²) in [5.41, 5.74) is 2.19. The number of nitrogens with one attached hydrogen (secondary N) is 1. The molecule has 0 amide bonds. The zero-order valence-corrected chi connectivity index (χ0v) is 10.6. The zero-order chi connectivity index (χ0) is 12.1. The van der Waals surface area contributed by atoms with Gasteiger partial charge in [-0.2, -0.15) is 0 Å². The quantitative estimate of drug-likeness (QED) is 0.828. The summed E-state index contributed by atoms with van der Waals surface area (Å²) in [6, 6.07) is 11.0. The first-order chi connectivity index (χ1) is 8.33. The van der Waals surface area contributed by atoms with Gasteiger partial charge in [-0.3, -0.25) is 4.98 Å². The number of pyridine rings is 1. The second kappa shape index (κ2) is 5.67. The van der Waals surface area contributed by atoms with E-state index in [1.165, 1.54) is 18.2 Å². The average Bonchev–Trinajstić information content (AvgIpc) is 2.38. The third-order valence-electron chi connectivity index (χ3n) is 3.09. The standard InChI is InChI=1S/C15H20N2/c1-3-7-13(4-2)17-14-10-12-8-5-6-9-15(12)16-11-14/h5-6,8-11,13,17H,3-4,7H2,1-2H3. The average molecular weight is 228 g/mol. The first-order valence-electron chi connectivity index (χ1n) is 6.44. The predicted octanol–water partition coefficient (Wildman–Crippen LogP) is 4.23. The summed E-state index contributed by atoms with van der Waals surface area (Å²) in [5, 5.41) is 4.76. The molecule has 17 heavy (non-hydrogen) atoms. The molecule has 0 aliphatic carbocycles. The lowest BCUT2D eigenvalue weighted by Crippen LogP contribution is -2.17. The summed E-state index contributed by atoms with van der Waals surface area (Å²) in [5.74, 6) is 0. The fourth-order valence-corrected chi connectivity index (χ4v) is 2.11. The molecule has 1 heterocycles. The first-order valence-corrected chi connectivity index (χ1v) is 6.44. The molecular formula is C15H20N2. The van der Waals surface area contributed by atoms with E-state index in [1.807, 2.05) is 18.3 Å². The van der Waals surface area contributed by atoms with Gasteiger partial charge in [0.2, 0.25) is 0 Å². The van der Waals surface area contributed by atoms with Crippen molar-refractivity contribution in [3.05, 3.63) is 36.5 Å². The van der Waals surface area contributed by atoms with E-state index in [0.29, 0.717) is 6.04 Å². The monoisotopic (exact) mass is 228 g/mol. The van der Waals surface area contributed by atoms with E-state index in [9.17, 15) is 0 Å². The smallest absolute Gasteiger partial charge is 0.0703 e. The molecule has 0 saturated heterocycles. The molecule has 0 aliphatic rings. The number of para-hydroxylation sites is 1. The summed E-state index contributed by atoms with van der Waals surface area (Å²) in [6.07, 6.45) is 5.51. The minimum Gasteiger partial charge on any atom is -0.381 e. The highest BCUT2D eigenvalue weighted by Crippen LogP contribution is 2.18. The lowest BCUT2D eigenvalue weighted by Gasteiger charge is -2.17. The molecule has 1 atom stereocenters. The van der Waals surface area contributed by atoms with Crippen LogP contribution in [-0.2, 0) is 0 Å². The van der Waals surface area contributed by atoms with Gasteiger partial charge in [0, 0.05) is 11.4 Å². The number of fused-ring (bicyclic) bond motifs is 1. The zero-order valence-electron chi connectivity index (χ0n) is 10.6. The van der Waals surface area contributed by atoms with Crippen molar-refractivity contribution < 1.29 is 0 Å². The van der Waals surface area contributed by atoms with Crippen molar-refractivity contribution in [1.82, 2.24) is 4.98 Å². The highest BCUT2D eigenvalue weighted by atomic mass is 14.9. The molecule has 0 bridgehead atoms. The molecule has 0 aliphatic heterocycles. The molecule has 2 rings (SSSR count).